The summed E-state index contributed by atoms with van der Waals surface area (Å²) in [4.78, 5) is 167. The number of nitrogens with two attached hydrogens (primary N) is 12. The number of carbonyl (C=O) groups excluding carboxylic acids is 5. The maximum Gasteiger partial charge on any atom is 0.322 e. The van der Waals surface area contributed by atoms with E-state index in [0.717, 1.165) is 129 Å². The number of ketones is 5. The molecule has 0 radical (unpaired) electrons. The van der Waals surface area contributed by atoms with Gasteiger partial charge in [-0.15, -0.1) is 6.58 Å². The van der Waals surface area contributed by atoms with Crippen molar-refractivity contribution in [3.63, 3.8) is 0 Å². The zero-order chi connectivity index (χ0) is 117. The van der Waals surface area contributed by atoms with Crippen LogP contribution in [0.3, 0.4) is 0 Å². The first-order valence-electron chi connectivity index (χ1n) is 46.7. The van der Waals surface area contributed by atoms with Crippen molar-refractivity contribution in [2.24, 2.45) is 68.8 Å². The van der Waals surface area contributed by atoms with Crippen molar-refractivity contribution in [2.45, 2.75) is 305 Å². The van der Waals surface area contributed by atoms with Crippen LogP contribution in [0.2, 0.25) is 0 Å². The Morgan fingerprint density at radius 2 is 0.568 bits per heavy atom. The van der Waals surface area contributed by atoms with E-state index in [2.05, 4.69) is 83.0 Å². The van der Waals surface area contributed by atoms with Crippen molar-refractivity contribution in [3.05, 3.63) is 134 Å². The maximum atomic E-state index is 11.2. The number of carboxylic acids is 11. The summed E-state index contributed by atoms with van der Waals surface area (Å²) >= 11 is 5.08. The van der Waals surface area contributed by atoms with E-state index in [0.29, 0.717) is 129 Å². The number of hydrogen-bond acceptors (Lipinski definition) is 36. The molecule has 0 aromatic carbocycles. The van der Waals surface area contributed by atoms with E-state index in [1.165, 1.54) is 13.8 Å². The molecule has 0 amide bonds. The minimum atomic E-state index is -1.15. The Bertz CT molecular complexity index is 3660. The van der Waals surface area contributed by atoms with Gasteiger partial charge in [-0.25, -0.2) is 0 Å². The zero-order valence-corrected chi connectivity index (χ0v) is 91.6. The first kappa shape index (κ1) is 166. The monoisotopic (exact) mass is 2170 g/mol. The Hall–Kier alpha value is -9.97. The van der Waals surface area contributed by atoms with Gasteiger partial charge < -0.3 is 150 Å². The topological polar surface area (TPSA) is 860 Å². The molecule has 0 aliphatic carbocycles. The van der Waals surface area contributed by atoms with Gasteiger partial charge in [0.2, 0.25) is 0 Å². The summed E-state index contributed by atoms with van der Waals surface area (Å²) in [7, 11) is 0. The number of rotatable bonds is 72. The molecule has 0 saturated carbocycles. The highest BCUT2D eigenvalue weighted by Gasteiger charge is 2.20. The second kappa shape index (κ2) is 110. The first-order valence-corrected chi connectivity index (χ1v) is 50.2. The molecule has 0 heterocycles. The Labute approximate surface area is 890 Å². The van der Waals surface area contributed by atoms with Crippen LogP contribution in [-0.2, 0) is 90.9 Å². The Morgan fingerprint density at radius 3 is 0.919 bits per heavy atom. The first-order chi connectivity index (χ1) is 67.6. The number of ether oxygens (including phenoxy) is 3. The zero-order valence-electron chi connectivity index (χ0n) is 89.2. The van der Waals surface area contributed by atoms with Crippen molar-refractivity contribution in [2.75, 3.05) is 100 Å². The number of aliphatic carboxylic acids is 11. The summed E-state index contributed by atoms with van der Waals surface area (Å²) in [6.45, 7) is 69.2. The van der Waals surface area contributed by atoms with E-state index in [1.807, 2.05) is 55.4 Å². The standard InChI is InChI=1S/C10H17NO3.C9H18N2O2.C9H17NO3.C9H17NO2S.C8H16N2O2.C8H13NO4.C8H13NO3.C8H15NO3.C8H15NO2S.C8H15NO2.C8H15NOS.C7H13NO3.CH4/c1-7(2)6-8(12)4-3-5-9(11)10(13)14;1-7(2)6-11-5-3-4-8(10)9(12)13;2*1-7(2)6-13-5-3-4-8(10)9(11)12;1-6(2)5-10-4-3-7(9)8(11)12;1-5(10)4-6(11)2-3-7(9)8(12)13;1-5(2)3-6(10)4-7(9)8(11)12;2*1-6(2)5-12-4-3-7(9)8(10)11;1-6(2)4-3-5-7(9)8(10)11;1-6(2)4-11-5-8(9)7(3)10;1-5(2)3-11-4-6(8)7(9)10;/h9H,1,3-6,11H2,2H3,(H,13,14);8,11H,1,3-6,10H2,2H3,(H,12,13);2*8H,1,3-6,10H2,2H3,(H,11,12);7,10H,1,3-5,9H2,2H3,(H,11,12);7H,2-4,9H2,1H3,(H,12,13);7H,1,3-4,9H2,2H3,(H,11,12);2*7H,1,3-5,9H2,2H3,(H,10,11);7H,1,3-5,9H2,2H3,(H,10,11);8H,1,4-5,9H2,2-3H3;6H,1,3-4,8H2,2H3,(H,9,10);1H4. The molecular formula is C101H188N14O30S3. The number of hydrogen-bond donors (Lipinski definition) is 25. The predicted molar refractivity (Wildman–Crippen MR) is 593 cm³/mol. The summed E-state index contributed by atoms with van der Waals surface area (Å²) in [6.07, 6.45) is 9.04. The minimum Gasteiger partial charge on any atom is -0.480 e. The maximum absolute atomic E-state index is 11.2. The minimum absolute atomic E-state index is 0. The fourth-order valence-electron chi connectivity index (χ4n) is 8.54. The van der Waals surface area contributed by atoms with Crippen molar-refractivity contribution in [1.82, 2.24) is 10.6 Å². The smallest absolute Gasteiger partial charge is 0.322 e. The van der Waals surface area contributed by atoms with Gasteiger partial charge in [-0.2, -0.15) is 35.3 Å². The summed E-state index contributed by atoms with van der Waals surface area (Å²) in [5.74, 6) is -6.30. The molecule has 37 N–H and O–H groups in total. The largest absolute Gasteiger partial charge is 0.480 e. The number of Topliss-reactive ketones (excluding diaryl/α,β-unsaturated/α-hetero) is 5. The van der Waals surface area contributed by atoms with Crippen LogP contribution in [0, 0.1) is 0 Å². The van der Waals surface area contributed by atoms with Gasteiger partial charge in [-0.05, 0) is 211 Å². The van der Waals surface area contributed by atoms with E-state index < -0.39 is 132 Å². The molecule has 0 spiro atoms. The van der Waals surface area contributed by atoms with Gasteiger partial charge in [-0.3, -0.25) is 76.7 Å². The Balaban J connectivity index is -0.000000122. The molecule has 12 atom stereocenters. The highest BCUT2D eigenvalue weighted by Crippen LogP contribution is 2.13. The average molecular weight is 2170 g/mol. The molecule has 0 aliphatic heterocycles. The van der Waals surface area contributed by atoms with E-state index in [-0.39, 0.29) is 81.1 Å². The molecule has 0 aromatic rings. The number of thioether (sulfide) groups is 3. The average Bonchev–Trinajstić information content (AvgIpc) is 0.965. The number of allylic oxidation sites excluding steroid dienone is 3. The highest BCUT2D eigenvalue weighted by atomic mass is 32.2. The summed E-state index contributed by atoms with van der Waals surface area (Å²) in [5, 5.41) is 98.7. The molecule has 0 saturated heterocycles. The lowest BCUT2D eigenvalue weighted by atomic mass is 10.0. The van der Waals surface area contributed by atoms with Crippen molar-refractivity contribution in [1.29, 1.82) is 0 Å². The molecule has 47 heteroatoms. The molecule has 860 valence electrons. The van der Waals surface area contributed by atoms with Crippen LogP contribution in [0.1, 0.15) is 232 Å². The van der Waals surface area contributed by atoms with Gasteiger partial charge in [0.05, 0.1) is 38.9 Å². The molecule has 0 bridgehead atoms. The van der Waals surface area contributed by atoms with Crippen LogP contribution < -0.4 is 79.4 Å². The van der Waals surface area contributed by atoms with Crippen LogP contribution in [0.15, 0.2) is 134 Å². The lowest BCUT2D eigenvalue weighted by Crippen LogP contribution is -2.35. The third-order valence-corrected chi connectivity index (χ3v) is 20.3. The Morgan fingerprint density at radius 1 is 0.264 bits per heavy atom. The van der Waals surface area contributed by atoms with Gasteiger partial charge in [0.15, 0.2) is 0 Å². The van der Waals surface area contributed by atoms with Gasteiger partial charge >= 0.3 is 65.7 Å². The fraction of sp³-hybridized carbons (Fsp3) is 0.624. The molecule has 0 aliphatic rings. The van der Waals surface area contributed by atoms with Crippen LogP contribution >= 0.6 is 35.3 Å². The second-order valence-corrected chi connectivity index (χ2v) is 38.1. The van der Waals surface area contributed by atoms with Crippen molar-refractivity contribution in [3.8, 4) is 0 Å². The molecular weight excluding hydrogens is 1990 g/mol. The quantitative estimate of drug-likeness (QED) is 0.0155. The van der Waals surface area contributed by atoms with E-state index in [4.69, 9.17) is 139 Å². The van der Waals surface area contributed by atoms with Crippen LogP contribution in [0.4, 0.5) is 0 Å². The highest BCUT2D eigenvalue weighted by molar-refractivity contribution is 7.99. The molecule has 0 rings (SSSR count). The van der Waals surface area contributed by atoms with Crippen molar-refractivity contribution < 1.29 is 147 Å². The van der Waals surface area contributed by atoms with Gasteiger partial charge in [-0.1, -0.05) is 135 Å². The van der Waals surface area contributed by atoms with Crippen molar-refractivity contribution >= 4 is 130 Å². The molecule has 148 heavy (non-hydrogen) atoms. The Kier molecular flexibility index (Phi) is 123. The molecule has 0 aromatic heterocycles. The van der Waals surface area contributed by atoms with Crippen LogP contribution in [-0.4, -0.2) is 324 Å². The van der Waals surface area contributed by atoms with E-state index in [1.54, 1.807) is 56.1 Å². The number of carbonyl (C=O) groups is 16. The number of carboxylic acid groups (broad SMARTS) is 11. The third kappa shape index (κ3) is 151. The fourth-order valence-corrected chi connectivity index (χ4v) is 11.3. The normalized spacial score (nSPS) is 12.3. The second-order valence-electron chi connectivity index (χ2n) is 34.9. The summed E-state index contributed by atoms with van der Waals surface area (Å²) < 4.78 is 15.2. The lowest BCUT2D eigenvalue weighted by Gasteiger charge is -2.06. The molecule has 44 nitrogen and oxygen atoms in total. The summed E-state index contributed by atoms with van der Waals surface area (Å²) in [5.41, 5.74) is 74.0. The third-order valence-electron chi connectivity index (χ3n) is 16.5. The van der Waals surface area contributed by atoms with Gasteiger partial charge in [0.25, 0.3) is 0 Å². The van der Waals surface area contributed by atoms with Crippen LogP contribution in [0.25, 0.3) is 0 Å². The predicted octanol–water partition coefficient (Wildman–Crippen LogP) is 8.17. The van der Waals surface area contributed by atoms with Gasteiger partial charge in [0, 0.05) is 81.4 Å². The van der Waals surface area contributed by atoms with Crippen LogP contribution in [0.5, 0.6) is 0 Å². The van der Waals surface area contributed by atoms with Gasteiger partial charge in [0.1, 0.15) is 95.4 Å². The lowest BCUT2D eigenvalue weighted by molar-refractivity contribution is -0.140. The summed E-state index contributed by atoms with van der Waals surface area (Å²) in [6, 6.07) is -9.42. The number of nitrogens with one attached hydrogen (secondary N) is 2. The van der Waals surface area contributed by atoms with E-state index >= 15 is 0 Å². The SMILES string of the molecule is C.C=C(C)CC(=O)CC(N)C(=O)O.C=C(C)CC(=O)CCCC(N)C(=O)O.C=C(C)CCCC(N)C(=O)O.C=C(C)CNCCC(N)C(=O)O.C=C(C)CNCCCC(N)C(=O)O.C=C(C)COCC(N)C(=O)O.C=C(C)COCCC(N)C(=O)O.C=C(C)COCCCC(N)C(=O)O.C=C(C)CSCC(N)C(C)=O.C=C(C)CSCCC(N)C(=O)O.C=C(C)CSCCCC(N)C(=O)O.CC(=O)CC(=O)CCC(N)C(=O)O. The molecule has 12 unspecified atom stereocenters. The molecule has 0 fully saturated rings. The van der Waals surface area contributed by atoms with E-state index in [9.17, 15) is 76.7 Å².